The summed E-state index contributed by atoms with van der Waals surface area (Å²) in [6.45, 7) is 1.51. The van der Waals surface area contributed by atoms with Gasteiger partial charge in [-0.2, -0.15) is 18.3 Å². The van der Waals surface area contributed by atoms with Gasteiger partial charge in [0.25, 0.3) is 5.91 Å². The molecule has 28 heavy (non-hydrogen) atoms. The summed E-state index contributed by atoms with van der Waals surface area (Å²) in [6, 6.07) is 7.72. The zero-order valence-corrected chi connectivity index (χ0v) is 16.0. The Morgan fingerprint density at radius 2 is 1.93 bits per heavy atom. The van der Waals surface area contributed by atoms with Crippen LogP contribution in [-0.4, -0.2) is 51.7 Å². The summed E-state index contributed by atoms with van der Waals surface area (Å²) in [6.07, 6.45) is -3.52. The van der Waals surface area contributed by atoms with Crippen molar-refractivity contribution in [3.63, 3.8) is 0 Å². The van der Waals surface area contributed by atoms with Crippen molar-refractivity contribution in [2.75, 3.05) is 26.3 Å². The molecule has 4 rings (SSSR count). The standard InChI is InChI=1S/C18H14BrF3N4O2/c19-12-3-1-2-11(8-12)14-9-15(18(20,21)22)26-16(24-14)13(10-23-26)17(27)25-4-6-28-7-5-25/h1-3,8-10H,4-7H2. The number of amides is 1. The van der Waals surface area contributed by atoms with Crippen LogP contribution in [0.5, 0.6) is 0 Å². The fraction of sp³-hybridized carbons (Fsp3) is 0.278. The summed E-state index contributed by atoms with van der Waals surface area (Å²) in [5.41, 5.74) is -0.481. The molecule has 0 bridgehead atoms. The normalized spacial score (nSPS) is 15.2. The molecule has 0 radical (unpaired) electrons. The number of rotatable bonds is 2. The largest absolute Gasteiger partial charge is 0.433 e. The van der Waals surface area contributed by atoms with Crippen molar-refractivity contribution in [3.8, 4) is 11.3 Å². The number of morpholine rings is 1. The van der Waals surface area contributed by atoms with E-state index < -0.39 is 17.8 Å². The van der Waals surface area contributed by atoms with Gasteiger partial charge in [0.2, 0.25) is 0 Å². The maximum absolute atomic E-state index is 13.6. The third-order valence-corrected chi connectivity index (χ3v) is 4.90. The van der Waals surface area contributed by atoms with Gasteiger partial charge < -0.3 is 9.64 Å². The van der Waals surface area contributed by atoms with E-state index in [2.05, 4.69) is 26.0 Å². The summed E-state index contributed by atoms with van der Waals surface area (Å²) < 4.78 is 47.5. The Bertz CT molecular complexity index is 1040. The van der Waals surface area contributed by atoms with E-state index in [-0.39, 0.29) is 16.9 Å². The molecule has 10 heteroatoms. The molecule has 1 aliphatic rings. The monoisotopic (exact) mass is 454 g/mol. The first-order valence-electron chi connectivity index (χ1n) is 8.43. The number of fused-ring (bicyclic) bond motifs is 1. The van der Waals surface area contributed by atoms with E-state index in [4.69, 9.17) is 4.74 Å². The number of alkyl halides is 3. The second-order valence-corrected chi connectivity index (χ2v) is 7.15. The van der Waals surface area contributed by atoms with Crippen molar-refractivity contribution in [3.05, 3.63) is 52.3 Å². The molecular formula is C18H14BrF3N4O2. The molecule has 1 aromatic carbocycles. The van der Waals surface area contributed by atoms with E-state index in [0.717, 1.165) is 12.3 Å². The number of nitrogens with zero attached hydrogens (tertiary/aromatic N) is 4. The maximum atomic E-state index is 13.6. The Morgan fingerprint density at radius 1 is 1.18 bits per heavy atom. The Balaban J connectivity index is 1.89. The molecule has 2 aromatic heterocycles. The summed E-state index contributed by atoms with van der Waals surface area (Å²) in [5, 5.41) is 3.80. The van der Waals surface area contributed by atoms with E-state index >= 15 is 0 Å². The lowest BCUT2D eigenvalue weighted by Crippen LogP contribution is -2.40. The van der Waals surface area contributed by atoms with Gasteiger partial charge in [-0.05, 0) is 18.2 Å². The van der Waals surface area contributed by atoms with Crippen molar-refractivity contribution in [1.82, 2.24) is 19.5 Å². The molecule has 0 saturated carbocycles. The second kappa shape index (κ2) is 7.17. The Labute approximate surface area is 166 Å². The predicted octanol–water partition coefficient (Wildman–Crippen LogP) is 3.65. The highest BCUT2D eigenvalue weighted by molar-refractivity contribution is 9.10. The van der Waals surface area contributed by atoms with Crippen LogP contribution in [0, 0.1) is 0 Å². The van der Waals surface area contributed by atoms with Crippen LogP contribution < -0.4 is 0 Å². The maximum Gasteiger partial charge on any atom is 0.433 e. The number of ether oxygens (including phenoxy) is 1. The molecule has 0 spiro atoms. The third kappa shape index (κ3) is 3.49. The average molecular weight is 455 g/mol. The van der Waals surface area contributed by atoms with Crippen LogP contribution in [0.2, 0.25) is 0 Å². The van der Waals surface area contributed by atoms with Crippen molar-refractivity contribution < 1.29 is 22.7 Å². The number of carbonyl (C=O) groups excluding carboxylic acids is 1. The number of aromatic nitrogens is 3. The van der Waals surface area contributed by atoms with Crippen LogP contribution >= 0.6 is 15.9 Å². The lowest BCUT2D eigenvalue weighted by molar-refractivity contribution is -0.142. The Kier molecular flexibility index (Phi) is 4.84. The lowest BCUT2D eigenvalue weighted by Gasteiger charge is -2.26. The minimum Gasteiger partial charge on any atom is -0.378 e. The highest BCUT2D eigenvalue weighted by atomic mass is 79.9. The van der Waals surface area contributed by atoms with Gasteiger partial charge in [-0.25, -0.2) is 9.50 Å². The zero-order chi connectivity index (χ0) is 19.9. The topological polar surface area (TPSA) is 59.7 Å². The van der Waals surface area contributed by atoms with Crippen molar-refractivity contribution in [1.29, 1.82) is 0 Å². The van der Waals surface area contributed by atoms with Crippen LogP contribution in [0.3, 0.4) is 0 Å². The van der Waals surface area contributed by atoms with E-state index in [0.29, 0.717) is 40.9 Å². The molecule has 1 amide bonds. The van der Waals surface area contributed by atoms with Crippen LogP contribution in [0.1, 0.15) is 16.1 Å². The molecule has 0 aliphatic carbocycles. The number of hydrogen-bond donors (Lipinski definition) is 0. The Morgan fingerprint density at radius 3 is 2.61 bits per heavy atom. The predicted molar refractivity (Wildman–Crippen MR) is 97.8 cm³/mol. The van der Waals surface area contributed by atoms with Gasteiger partial charge in [0, 0.05) is 23.1 Å². The first-order chi connectivity index (χ1) is 13.3. The SMILES string of the molecule is O=C(c1cnn2c(C(F)(F)F)cc(-c3cccc(Br)c3)nc12)N1CCOCC1. The summed E-state index contributed by atoms with van der Waals surface area (Å²) in [4.78, 5) is 18.7. The number of hydrogen-bond acceptors (Lipinski definition) is 4. The Hall–Kier alpha value is -2.46. The van der Waals surface area contributed by atoms with Gasteiger partial charge in [0.05, 0.1) is 25.1 Å². The molecule has 6 nitrogen and oxygen atoms in total. The van der Waals surface area contributed by atoms with Gasteiger partial charge in [-0.3, -0.25) is 4.79 Å². The van der Waals surface area contributed by atoms with Crippen LogP contribution in [-0.2, 0) is 10.9 Å². The first kappa shape index (κ1) is 18.9. The fourth-order valence-electron chi connectivity index (χ4n) is 3.05. The van der Waals surface area contributed by atoms with Crippen molar-refractivity contribution >= 4 is 27.5 Å². The lowest BCUT2D eigenvalue weighted by atomic mass is 10.1. The van der Waals surface area contributed by atoms with Crippen LogP contribution in [0.15, 0.2) is 41.0 Å². The van der Waals surface area contributed by atoms with E-state index in [9.17, 15) is 18.0 Å². The van der Waals surface area contributed by atoms with Crippen LogP contribution in [0.4, 0.5) is 13.2 Å². The smallest absolute Gasteiger partial charge is 0.378 e. The molecule has 0 unspecified atom stereocenters. The fourth-order valence-corrected chi connectivity index (χ4v) is 3.45. The molecule has 0 atom stereocenters. The van der Waals surface area contributed by atoms with Gasteiger partial charge >= 0.3 is 6.18 Å². The summed E-state index contributed by atoms with van der Waals surface area (Å²) in [7, 11) is 0. The van der Waals surface area contributed by atoms with E-state index in [1.807, 2.05) is 0 Å². The number of halogens is 4. The number of benzene rings is 1. The van der Waals surface area contributed by atoms with Gasteiger partial charge in [0.15, 0.2) is 11.3 Å². The minimum absolute atomic E-state index is 0.0317. The van der Waals surface area contributed by atoms with E-state index in [1.54, 1.807) is 24.3 Å². The molecule has 1 saturated heterocycles. The molecular weight excluding hydrogens is 441 g/mol. The molecule has 0 N–H and O–H groups in total. The van der Waals surface area contributed by atoms with Gasteiger partial charge in [-0.1, -0.05) is 28.1 Å². The average Bonchev–Trinajstić information content (AvgIpc) is 3.10. The second-order valence-electron chi connectivity index (χ2n) is 6.23. The van der Waals surface area contributed by atoms with Gasteiger partial charge in [-0.15, -0.1) is 0 Å². The zero-order valence-electron chi connectivity index (χ0n) is 14.4. The number of carbonyl (C=O) groups is 1. The summed E-state index contributed by atoms with van der Waals surface area (Å²) >= 11 is 3.31. The summed E-state index contributed by atoms with van der Waals surface area (Å²) in [5.74, 6) is -0.412. The van der Waals surface area contributed by atoms with Crippen LogP contribution in [0.25, 0.3) is 16.9 Å². The van der Waals surface area contributed by atoms with E-state index in [1.165, 1.54) is 4.90 Å². The molecule has 1 aliphatic heterocycles. The third-order valence-electron chi connectivity index (χ3n) is 4.41. The van der Waals surface area contributed by atoms with Gasteiger partial charge in [0.1, 0.15) is 5.56 Å². The minimum atomic E-state index is -4.66. The highest BCUT2D eigenvalue weighted by Crippen LogP contribution is 2.33. The quantitative estimate of drug-likeness (QED) is 0.592. The highest BCUT2D eigenvalue weighted by Gasteiger charge is 2.36. The molecule has 146 valence electrons. The van der Waals surface area contributed by atoms with Crippen molar-refractivity contribution in [2.45, 2.75) is 6.18 Å². The molecule has 3 heterocycles. The molecule has 1 fully saturated rings. The molecule has 3 aromatic rings. The van der Waals surface area contributed by atoms with Crippen molar-refractivity contribution in [2.24, 2.45) is 0 Å². The first-order valence-corrected chi connectivity index (χ1v) is 9.23.